The number of fused-ring (bicyclic) bond motifs is 10. The third-order valence-electron chi connectivity index (χ3n) is 30.3. The Kier molecular flexibility index (Phi) is 28.0. The minimum Gasteiger partial charge on any atom is -0.206 e. The average Bonchev–Trinajstić information content (AvgIpc) is 1.57. The van der Waals surface area contributed by atoms with Gasteiger partial charge in [0.15, 0.2) is 37.2 Å². The lowest BCUT2D eigenvalue weighted by Crippen LogP contribution is -2.31. The predicted molar refractivity (Wildman–Crippen MR) is 589 cm³/mol. The van der Waals surface area contributed by atoms with Crippen LogP contribution in [-0.2, 0) is 47.7 Å². The van der Waals surface area contributed by atoms with Gasteiger partial charge in [-0.15, -0.1) is 0 Å². The molecular formula is C133H139FN6+6. The summed E-state index contributed by atoms with van der Waals surface area (Å²) in [6.07, 6.45) is 18.4. The second kappa shape index (κ2) is 40.3. The van der Waals surface area contributed by atoms with E-state index in [0.717, 1.165) is 28.3 Å². The van der Waals surface area contributed by atoms with Crippen LogP contribution in [0.3, 0.4) is 0 Å². The SMILES string of the molecule is Cc1cc(C)c(C)c(-c2c3ccc(C)cc3cc[n+]2C)c1.Cc1ccc2c(-c3cc(C)c(F)c(C)c3C)[n+](C)ccc2c1.Cc1ccc2c(-c3cc(C4CCCC4)cc(C)c3C)[n+](C)ccc2c1.Cc1ccc2c(-c3cc4c(cc3C)-c3ccccc3C4(C)C)[n+](C)ccc2c1.Cc1ccc2c(-c3cc4ccccc4cc3C)[n+](C)ccc2c1.Cc1ccccc1-c1c2ccc(C(C)C)cc2cc[n+]1C. The van der Waals surface area contributed by atoms with Crippen molar-refractivity contribution in [1.29, 1.82) is 0 Å². The molecule has 22 rings (SSSR count). The molecule has 0 N–H and O–H groups in total. The Hall–Kier alpha value is -14.3. The first kappa shape index (κ1) is 97.4. The lowest BCUT2D eigenvalue weighted by molar-refractivity contribution is -0.659. The number of halogens is 1. The van der Waals surface area contributed by atoms with Gasteiger partial charge in [0, 0.05) is 47.4 Å². The van der Waals surface area contributed by atoms with Gasteiger partial charge in [0.2, 0.25) is 34.2 Å². The number of rotatable bonds is 8. The van der Waals surface area contributed by atoms with Gasteiger partial charge in [0.25, 0.3) is 0 Å². The molecule has 140 heavy (non-hydrogen) atoms. The van der Waals surface area contributed by atoms with Crippen LogP contribution in [0, 0.1) is 117 Å². The molecule has 702 valence electrons. The van der Waals surface area contributed by atoms with E-state index in [4.69, 9.17) is 0 Å². The predicted octanol–water partition coefficient (Wildman–Crippen LogP) is 31.3. The van der Waals surface area contributed by atoms with Crippen LogP contribution in [0.2, 0.25) is 0 Å². The summed E-state index contributed by atoms with van der Waals surface area (Å²) in [5.74, 6) is 1.21. The van der Waals surface area contributed by atoms with Crippen LogP contribution in [-0.4, -0.2) is 0 Å². The van der Waals surface area contributed by atoms with E-state index < -0.39 is 0 Å². The molecule has 1 saturated carbocycles. The Morgan fingerprint density at radius 2 is 0.600 bits per heavy atom. The van der Waals surface area contributed by atoms with Crippen LogP contribution in [0.25, 0.3) is 154 Å². The number of hydrogen-bond donors (Lipinski definition) is 0. The lowest BCUT2D eigenvalue weighted by atomic mass is 9.81. The van der Waals surface area contributed by atoms with E-state index >= 15 is 0 Å². The summed E-state index contributed by atoms with van der Waals surface area (Å²) in [6.45, 7) is 43.4. The molecular weight excluding hydrogens is 1700 g/mol. The van der Waals surface area contributed by atoms with Gasteiger partial charge in [0.05, 0.1) is 60.1 Å². The molecule has 6 aromatic heterocycles. The maximum atomic E-state index is 14.1. The Morgan fingerprint density at radius 1 is 0.250 bits per heavy atom. The third-order valence-corrected chi connectivity index (χ3v) is 30.3. The highest BCUT2D eigenvalue weighted by Crippen LogP contribution is 2.51. The molecule has 7 heteroatoms. The van der Waals surface area contributed by atoms with Crippen LogP contribution in [0.5, 0.6) is 0 Å². The number of benzene rings is 14. The minimum atomic E-state index is -0.0972. The quantitative estimate of drug-likeness (QED) is 0.135. The molecule has 0 unspecified atom stereocenters. The van der Waals surface area contributed by atoms with E-state index in [2.05, 4.69) is 484 Å². The maximum Gasteiger partial charge on any atom is 0.220 e. The fourth-order valence-electron chi connectivity index (χ4n) is 22.0. The van der Waals surface area contributed by atoms with E-state index in [0.29, 0.717) is 11.5 Å². The highest BCUT2D eigenvalue weighted by molar-refractivity contribution is 6.01. The number of pyridine rings is 6. The third kappa shape index (κ3) is 19.4. The smallest absolute Gasteiger partial charge is 0.206 e. The van der Waals surface area contributed by atoms with E-state index in [1.807, 2.05) is 33.9 Å². The molecule has 2 aliphatic carbocycles. The van der Waals surface area contributed by atoms with Gasteiger partial charge >= 0.3 is 0 Å². The second-order valence-corrected chi connectivity index (χ2v) is 41.4. The summed E-state index contributed by atoms with van der Waals surface area (Å²) in [5.41, 5.74) is 43.8. The summed E-state index contributed by atoms with van der Waals surface area (Å²) in [5, 5.41) is 18.2. The van der Waals surface area contributed by atoms with E-state index in [-0.39, 0.29) is 11.2 Å². The van der Waals surface area contributed by atoms with E-state index in [1.54, 1.807) is 5.56 Å². The molecule has 1 fully saturated rings. The van der Waals surface area contributed by atoms with Crippen molar-refractivity contribution in [2.45, 2.75) is 181 Å². The monoisotopic (exact) mass is 1840 g/mol. The van der Waals surface area contributed by atoms with Gasteiger partial charge < -0.3 is 0 Å². The Balaban J connectivity index is 0.000000116. The first-order chi connectivity index (χ1) is 67.0. The largest absolute Gasteiger partial charge is 0.220 e. The van der Waals surface area contributed by atoms with Gasteiger partial charge in [-0.25, -0.2) is 31.8 Å². The number of aromatic nitrogens is 6. The number of nitrogens with zero attached hydrogens (tertiary/aromatic N) is 6. The van der Waals surface area contributed by atoms with Crippen molar-refractivity contribution in [2.24, 2.45) is 42.3 Å². The van der Waals surface area contributed by atoms with Crippen molar-refractivity contribution in [3.8, 4) is 78.7 Å². The molecule has 0 bridgehead atoms. The molecule has 20 aromatic rings. The summed E-state index contributed by atoms with van der Waals surface area (Å²) < 4.78 is 27.5. The molecule has 0 aliphatic heterocycles. The first-order valence-electron chi connectivity index (χ1n) is 50.2. The average molecular weight is 1840 g/mol. The van der Waals surface area contributed by atoms with Crippen LogP contribution in [0.4, 0.5) is 4.39 Å². The van der Waals surface area contributed by atoms with Crippen molar-refractivity contribution in [3.63, 3.8) is 0 Å². The molecule has 6 nitrogen and oxygen atoms in total. The van der Waals surface area contributed by atoms with Crippen molar-refractivity contribution < 1.29 is 31.8 Å². The highest BCUT2D eigenvalue weighted by Gasteiger charge is 2.37. The van der Waals surface area contributed by atoms with Crippen LogP contribution in [0.1, 0.15) is 176 Å². The lowest BCUT2D eigenvalue weighted by Gasteiger charge is -2.22. The zero-order chi connectivity index (χ0) is 99.3. The first-order valence-corrected chi connectivity index (χ1v) is 50.2. The Morgan fingerprint density at radius 3 is 1.04 bits per heavy atom. The molecule has 2 aliphatic rings. The normalized spacial score (nSPS) is 12.5. The van der Waals surface area contributed by atoms with Crippen LogP contribution >= 0.6 is 0 Å². The fraction of sp³-hybridized carbons (Fsp3) is 0.248. The topological polar surface area (TPSA) is 23.3 Å². The van der Waals surface area contributed by atoms with Gasteiger partial charge in [-0.05, 0) is 340 Å². The Bertz CT molecular complexity index is 8280. The minimum absolute atomic E-state index is 0.0219. The molecule has 0 atom stereocenters. The van der Waals surface area contributed by atoms with Gasteiger partial charge in [-0.3, -0.25) is 0 Å². The Labute approximate surface area is 831 Å². The van der Waals surface area contributed by atoms with Gasteiger partial charge in [-0.1, -0.05) is 238 Å². The molecule has 0 radical (unpaired) electrons. The van der Waals surface area contributed by atoms with Crippen molar-refractivity contribution in [2.75, 3.05) is 0 Å². The summed E-state index contributed by atoms with van der Waals surface area (Å²) in [6, 6.07) is 100. The standard InChI is InChI=1S/C27H26N.C24H28N.C22H20N.C20H21FN.2C20H22N/c1-17-10-11-20-19(14-17)12-13-28(5)26(20)22-16-25-23(15-18(22)2)21-8-6-7-9-24(21)27(25,3)4;1-16-9-10-22-20(13-16)11-12-25(4)24(22)23-15-21(14-17(2)18(23)3)19-7-5-6-8-19;1-15-8-9-20-19(12-15)10-11-23(3)22(20)21-14-18-7-5-4-6-17(18)13-16(21)2;1-12-6-7-17-16(10-12)8-9-22(5)20(17)18-11-13(2)19(21)15(4)14(18)3;1-13-6-7-18-17(11-13)8-9-21(5)20(18)19-12-14(2)10-15(3)16(19)4;1-14(2)16-9-10-19-17(13-16)11-12-21(4)20(19)18-8-6-5-7-15(18)3/h6-16H,1-5H3;9-15,19H,5-8H2,1-4H3;4-14H,1-3H3;6-11H,1-5H3;6-12H,1-5H3;5-14H,1-4H3/q6*+1. The van der Waals surface area contributed by atoms with Crippen LogP contribution in [0.15, 0.2) is 310 Å². The van der Waals surface area contributed by atoms with E-state index in [1.165, 1.54) is 258 Å². The van der Waals surface area contributed by atoms with Crippen LogP contribution < -0.4 is 27.4 Å². The molecule has 0 saturated heterocycles. The highest BCUT2D eigenvalue weighted by atomic mass is 19.1. The second-order valence-electron chi connectivity index (χ2n) is 41.4. The molecule has 0 spiro atoms. The van der Waals surface area contributed by atoms with Gasteiger partial charge in [-0.2, -0.15) is 0 Å². The zero-order valence-corrected chi connectivity index (χ0v) is 87.5. The summed E-state index contributed by atoms with van der Waals surface area (Å²) in [4.78, 5) is 0. The molecule has 6 heterocycles. The number of hydrogen-bond acceptors (Lipinski definition) is 0. The summed E-state index contributed by atoms with van der Waals surface area (Å²) >= 11 is 0. The molecule has 14 aromatic carbocycles. The van der Waals surface area contributed by atoms with Crippen molar-refractivity contribution in [1.82, 2.24) is 0 Å². The number of aryl methyl sites for hydroxylation is 18. The zero-order valence-electron chi connectivity index (χ0n) is 87.5. The molecule has 0 amide bonds. The van der Waals surface area contributed by atoms with Crippen molar-refractivity contribution >= 4 is 75.4 Å². The van der Waals surface area contributed by atoms with E-state index in [9.17, 15) is 4.39 Å². The van der Waals surface area contributed by atoms with Gasteiger partial charge in [0.1, 0.15) is 48.1 Å². The summed E-state index contributed by atoms with van der Waals surface area (Å²) in [7, 11) is 12.8. The van der Waals surface area contributed by atoms with Crippen molar-refractivity contribution in [3.05, 3.63) is 427 Å². The fourth-order valence-corrected chi connectivity index (χ4v) is 22.0. The maximum absolute atomic E-state index is 14.1.